The fourth-order valence-corrected chi connectivity index (χ4v) is 10.4. The van der Waals surface area contributed by atoms with Gasteiger partial charge in [-0.05, 0) is 121 Å². The number of nitrogens with zero attached hydrogens (tertiary/aromatic N) is 2. The number of rotatable bonds is 22. The molecule has 5 aromatic carbocycles. The van der Waals surface area contributed by atoms with Gasteiger partial charge in [0, 0.05) is 72.5 Å². The van der Waals surface area contributed by atoms with Crippen molar-refractivity contribution in [3.63, 3.8) is 0 Å². The SMILES string of the molecule is CCCN1/C(=C\C=C2/CCCC(/C=C/C3=[N+](CCC)c4ccccc4C3(C)C)=C2Oc2ccc(CCC(=O)NCCOCCOCCNC(=O)c3ccc4ccccc4c3)cc2)C(C)(C)c2ccccc21.[I-]. The van der Waals surface area contributed by atoms with Crippen molar-refractivity contribution in [2.24, 2.45) is 0 Å². The number of ether oxygens (including phenoxy) is 3. The number of aryl methyl sites for hydroxylation is 1. The van der Waals surface area contributed by atoms with Gasteiger partial charge in [-0.3, -0.25) is 9.59 Å². The van der Waals surface area contributed by atoms with E-state index in [0.717, 1.165) is 73.0 Å². The van der Waals surface area contributed by atoms with Gasteiger partial charge in [0.1, 0.15) is 18.1 Å². The molecule has 0 saturated heterocycles. The van der Waals surface area contributed by atoms with E-state index in [2.05, 4.69) is 147 Å². The third-order valence-corrected chi connectivity index (χ3v) is 14.1. The summed E-state index contributed by atoms with van der Waals surface area (Å²) in [5.41, 5.74) is 11.8. The van der Waals surface area contributed by atoms with E-state index >= 15 is 0 Å². The topological polar surface area (TPSA) is 92.1 Å². The summed E-state index contributed by atoms with van der Waals surface area (Å²) in [5, 5.41) is 8.02. The van der Waals surface area contributed by atoms with Crippen LogP contribution in [0.25, 0.3) is 10.8 Å². The first-order valence-corrected chi connectivity index (χ1v) is 25.9. The zero-order valence-electron chi connectivity index (χ0n) is 43.2. The minimum Gasteiger partial charge on any atom is -1.00 e. The third-order valence-electron chi connectivity index (χ3n) is 14.1. The molecule has 0 aromatic heterocycles. The molecule has 3 aliphatic rings. The van der Waals surface area contributed by atoms with Crippen LogP contribution in [0.1, 0.15) is 107 Å². The Bertz CT molecular complexity index is 2860. The first-order valence-electron chi connectivity index (χ1n) is 25.9. The second-order valence-electron chi connectivity index (χ2n) is 19.9. The van der Waals surface area contributed by atoms with Crippen LogP contribution in [0.4, 0.5) is 11.4 Å². The molecule has 0 atom stereocenters. The van der Waals surface area contributed by atoms with Crippen molar-refractivity contribution < 1.29 is 52.4 Å². The van der Waals surface area contributed by atoms with E-state index in [4.69, 9.17) is 14.2 Å². The summed E-state index contributed by atoms with van der Waals surface area (Å²) >= 11 is 0. The van der Waals surface area contributed by atoms with Gasteiger partial charge in [0.25, 0.3) is 5.91 Å². The molecule has 72 heavy (non-hydrogen) atoms. The van der Waals surface area contributed by atoms with Crippen molar-refractivity contribution in [2.45, 2.75) is 97.3 Å². The highest BCUT2D eigenvalue weighted by atomic mass is 127. The molecule has 0 unspecified atom stereocenters. The molecule has 2 heterocycles. The Morgan fingerprint density at radius 3 is 2.15 bits per heavy atom. The van der Waals surface area contributed by atoms with Crippen LogP contribution in [-0.4, -0.2) is 74.7 Å². The number of amides is 2. The van der Waals surface area contributed by atoms with Gasteiger partial charge in [-0.1, -0.05) is 113 Å². The molecule has 0 fully saturated rings. The molecule has 9 nitrogen and oxygen atoms in total. The first-order chi connectivity index (χ1) is 34.5. The van der Waals surface area contributed by atoms with E-state index in [0.29, 0.717) is 57.9 Å². The predicted molar refractivity (Wildman–Crippen MR) is 289 cm³/mol. The Kier molecular flexibility index (Phi) is 18.9. The van der Waals surface area contributed by atoms with E-state index in [-0.39, 0.29) is 46.6 Å². The number of para-hydroxylation sites is 2. The van der Waals surface area contributed by atoms with Crippen molar-refractivity contribution >= 4 is 39.7 Å². The molecule has 0 spiro atoms. The number of carbonyl (C=O) groups excluding carboxylic acids is 2. The highest BCUT2D eigenvalue weighted by molar-refractivity contribution is 6.03. The molecule has 2 aliphatic heterocycles. The number of anilines is 1. The average molecular weight is 1080 g/mol. The molecule has 8 rings (SSSR count). The molecule has 2 amide bonds. The molecule has 10 heteroatoms. The Morgan fingerprint density at radius 2 is 1.40 bits per heavy atom. The number of nitrogens with one attached hydrogen (secondary N) is 2. The Balaban J connectivity index is 0.00000760. The number of halogens is 1. The normalized spacial score (nSPS) is 16.9. The number of hydrogen-bond acceptors (Lipinski definition) is 6. The summed E-state index contributed by atoms with van der Waals surface area (Å²) in [4.78, 5) is 27.9. The highest BCUT2D eigenvalue weighted by Crippen LogP contribution is 2.48. The maximum Gasteiger partial charge on any atom is 0.251 e. The fraction of sp³-hybridized carbons (Fsp3) is 0.371. The maximum atomic E-state index is 12.8. The molecule has 0 bridgehead atoms. The molecule has 0 saturated carbocycles. The largest absolute Gasteiger partial charge is 1.00 e. The van der Waals surface area contributed by atoms with Gasteiger partial charge < -0.3 is 53.7 Å². The standard InChI is InChI=1S/C62H72N4O5.HI/c1-7-38-65-54-22-13-11-20-52(54)61(3,4)56(65)33-29-47-18-15-19-48(30-34-57-62(5,6)53-21-12-14-23-55(53)66(57)39-8-2)59(47)71-51-31-24-45(25-32-51)26-35-58(67)63-36-40-69-42-43-70-41-37-64-60(68)50-28-27-46-16-9-10-17-49(46)44-50;/h9-14,16-17,20-25,27-34,44H,7-8,15,18-19,26,35-43H2,1-6H3,(H-,63,64,67,68);1H. The maximum absolute atomic E-state index is 12.8. The number of fused-ring (bicyclic) bond motifs is 3. The minimum atomic E-state index is -0.132. The van der Waals surface area contributed by atoms with Crippen LogP contribution in [0.3, 0.4) is 0 Å². The molecule has 2 N–H and O–H groups in total. The lowest BCUT2D eigenvalue weighted by molar-refractivity contribution is -0.437. The molecular weight excluding hydrogens is 1010 g/mol. The van der Waals surface area contributed by atoms with Gasteiger partial charge in [0.2, 0.25) is 11.6 Å². The third kappa shape index (κ3) is 12.7. The fourth-order valence-electron chi connectivity index (χ4n) is 10.4. The molecule has 5 aromatic rings. The van der Waals surface area contributed by atoms with Gasteiger partial charge in [-0.25, -0.2) is 0 Å². The summed E-state index contributed by atoms with van der Waals surface area (Å²) in [6.07, 6.45) is 15.3. The van der Waals surface area contributed by atoms with Crippen LogP contribution in [-0.2, 0) is 31.5 Å². The van der Waals surface area contributed by atoms with E-state index in [1.807, 2.05) is 54.6 Å². The van der Waals surface area contributed by atoms with E-state index in [9.17, 15) is 9.59 Å². The minimum absolute atomic E-state index is 0. The summed E-state index contributed by atoms with van der Waals surface area (Å²) < 4.78 is 20.8. The van der Waals surface area contributed by atoms with Gasteiger partial charge in [0.05, 0.1) is 31.8 Å². The quantitative estimate of drug-likeness (QED) is 0.0409. The monoisotopic (exact) mass is 1080 g/mol. The van der Waals surface area contributed by atoms with Gasteiger partial charge in [-0.2, -0.15) is 4.58 Å². The van der Waals surface area contributed by atoms with Gasteiger partial charge in [0.15, 0.2) is 5.71 Å². The summed E-state index contributed by atoms with van der Waals surface area (Å²) in [6, 6.07) is 39.6. The van der Waals surface area contributed by atoms with Crippen LogP contribution in [0.2, 0.25) is 0 Å². The molecular formula is C62H73IN4O5. The number of hydrogen-bond donors (Lipinski definition) is 2. The summed E-state index contributed by atoms with van der Waals surface area (Å²) in [6.45, 7) is 18.2. The lowest BCUT2D eigenvalue weighted by Gasteiger charge is -2.27. The number of carbonyl (C=O) groups is 2. The highest BCUT2D eigenvalue weighted by Gasteiger charge is 2.44. The number of allylic oxidation sites excluding steroid dienone is 7. The molecule has 1 aliphatic carbocycles. The summed E-state index contributed by atoms with van der Waals surface area (Å²) in [7, 11) is 0. The van der Waals surface area contributed by atoms with Crippen molar-refractivity contribution in [3.05, 3.63) is 184 Å². The lowest BCUT2D eigenvalue weighted by Crippen LogP contribution is -3.00. The van der Waals surface area contributed by atoms with Crippen molar-refractivity contribution in [1.29, 1.82) is 0 Å². The van der Waals surface area contributed by atoms with Crippen molar-refractivity contribution in [3.8, 4) is 5.75 Å². The van der Waals surface area contributed by atoms with Crippen LogP contribution >= 0.6 is 0 Å². The van der Waals surface area contributed by atoms with E-state index < -0.39 is 0 Å². The van der Waals surface area contributed by atoms with Crippen molar-refractivity contribution in [2.75, 3.05) is 57.5 Å². The van der Waals surface area contributed by atoms with Gasteiger partial charge in [-0.15, -0.1) is 0 Å². The van der Waals surface area contributed by atoms with Crippen LogP contribution in [0, 0.1) is 0 Å². The summed E-state index contributed by atoms with van der Waals surface area (Å²) in [5.74, 6) is 1.57. The zero-order chi connectivity index (χ0) is 49.8. The van der Waals surface area contributed by atoms with Crippen LogP contribution in [0.5, 0.6) is 5.75 Å². The second kappa shape index (κ2) is 25.2. The average Bonchev–Trinajstić information content (AvgIpc) is 3.73. The van der Waals surface area contributed by atoms with E-state index in [1.54, 1.807) is 0 Å². The van der Waals surface area contributed by atoms with E-state index in [1.165, 1.54) is 45.1 Å². The predicted octanol–water partition coefficient (Wildman–Crippen LogP) is 9.23. The first kappa shape index (κ1) is 54.0. The van der Waals surface area contributed by atoms with Crippen LogP contribution in [0.15, 0.2) is 162 Å². The van der Waals surface area contributed by atoms with Crippen LogP contribution < -0.4 is 44.2 Å². The molecule has 0 radical (unpaired) electrons. The Morgan fingerprint density at radius 1 is 0.708 bits per heavy atom. The Labute approximate surface area is 445 Å². The lowest BCUT2D eigenvalue weighted by atomic mass is 9.81. The smallest absolute Gasteiger partial charge is 0.251 e. The zero-order valence-corrected chi connectivity index (χ0v) is 45.4. The number of benzene rings is 5. The van der Waals surface area contributed by atoms with Gasteiger partial charge >= 0.3 is 0 Å². The van der Waals surface area contributed by atoms with Crippen molar-refractivity contribution in [1.82, 2.24) is 10.6 Å². The Hall–Kier alpha value is -5.82. The second-order valence-corrected chi connectivity index (χ2v) is 19.9. The molecule has 378 valence electrons.